The number of nitrogens with zero attached hydrogens (tertiary/aromatic N) is 2. The largest absolute Gasteiger partial charge is 0.478 e. The number of amides is 2. The van der Waals surface area contributed by atoms with E-state index in [0.29, 0.717) is 4.88 Å². The second kappa shape index (κ2) is 6.28. The molecule has 0 aliphatic rings. The van der Waals surface area contributed by atoms with Gasteiger partial charge in [-0.25, -0.2) is 14.6 Å². The van der Waals surface area contributed by atoms with Gasteiger partial charge in [0.1, 0.15) is 5.00 Å². The van der Waals surface area contributed by atoms with Gasteiger partial charge in [-0.2, -0.15) is 0 Å². The van der Waals surface area contributed by atoms with E-state index in [1.165, 1.54) is 24.7 Å². The van der Waals surface area contributed by atoms with Crippen molar-refractivity contribution >= 4 is 34.2 Å². The Morgan fingerprint density at radius 1 is 1.26 bits per heavy atom. The minimum Gasteiger partial charge on any atom is -0.478 e. The Balaban J connectivity index is 1.81. The highest BCUT2D eigenvalue weighted by molar-refractivity contribution is 7.20. The first-order valence-corrected chi connectivity index (χ1v) is 7.30. The van der Waals surface area contributed by atoms with Crippen LogP contribution in [0, 0.1) is 0 Å². The highest BCUT2D eigenvalue weighted by Gasteiger charge is 2.18. The van der Waals surface area contributed by atoms with Crippen LogP contribution in [0.25, 0.3) is 10.6 Å². The molecule has 4 N–H and O–H groups in total. The number of aromatic nitrogens is 3. The first-order valence-electron chi connectivity index (χ1n) is 6.48. The predicted octanol–water partition coefficient (Wildman–Crippen LogP) is 2.88. The zero-order valence-corrected chi connectivity index (χ0v) is 12.4. The van der Waals surface area contributed by atoms with Crippen LogP contribution < -0.4 is 10.6 Å². The molecule has 0 fully saturated rings. The lowest BCUT2D eigenvalue weighted by Gasteiger charge is -2.05. The number of anilines is 2. The molecule has 23 heavy (non-hydrogen) atoms. The van der Waals surface area contributed by atoms with Crippen LogP contribution in [0.1, 0.15) is 10.4 Å². The zero-order valence-electron chi connectivity index (χ0n) is 11.6. The minimum absolute atomic E-state index is 0.0221. The van der Waals surface area contributed by atoms with Crippen molar-refractivity contribution in [2.75, 3.05) is 10.6 Å². The summed E-state index contributed by atoms with van der Waals surface area (Å²) in [5, 5.41) is 14.5. The maximum atomic E-state index is 12.0. The molecule has 0 spiro atoms. The lowest BCUT2D eigenvalue weighted by atomic mass is 10.2. The Kier molecular flexibility index (Phi) is 4.02. The number of thiophene rings is 1. The maximum absolute atomic E-state index is 12.0. The summed E-state index contributed by atoms with van der Waals surface area (Å²) in [7, 11) is 0. The molecule has 116 valence electrons. The van der Waals surface area contributed by atoms with Gasteiger partial charge in [-0.3, -0.25) is 15.6 Å². The number of rotatable bonds is 4. The van der Waals surface area contributed by atoms with E-state index in [1.54, 1.807) is 6.20 Å². The van der Waals surface area contributed by atoms with E-state index in [9.17, 15) is 14.7 Å². The fourth-order valence-corrected chi connectivity index (χ4v) is 2.91. The van der Waals surface area contributed by atoms with Gasteiger partial charge in [0, 0.05) is 18.6 Å². The minimum atomic E-state index is -1.12. The van der Waals surface area contributed by atoms with E-state index in [2.05, 4.69) is 25.6 Å². The summed E-state index contributed by atoms with van der Waals surface area (Å²) < 4.78 is 0. The van der Waals surface area contributed by atoms with Crippen molar-refractivity contribution in [3.8, 4) is 10.6 Å². The maximum Gasteiger partial charge on any atom is 0.338 e. The van der Waals surface area contributed by atoms with Gasteiger partial charge in [-0.15, -0.1) is 11.3 Å². The molecule has 0 aromatic carbocycles. The number of carbonyl (C=O) groups is 2. The van der Waals surface area contributed by atoms with Gasteiger partial charge in [0.05, 0.1) is 22.3 Å². The molecule has 0 radical (unpaired) electrons. The van der Waals surface area contributed by atoms with Crippen molar-refractivity contribution < 1.29 is 14.7 Å². The molecule has 3 aromatic heterocycles. The molecule has 3 aromatic rings. The smallest absolute Gasteiger partial charge is 0.338 e. The van der Waals surface area contributed by atoms with Gasteiger partial charge in [-0.05, 0) is 18.2 Å². The van der Waals surface area contributed by atoms with E-state index in [0.717, 1.165) is 17.0 Å². The summed E-state index contributed by atoms with van der Waals surface area (Å²) in [6.45, 7) is 0. The van der Waals surface area contributed by atoms with Crippen molar-refractivity contribution in [1.82, 2.24) is 15.0 Å². The Labute approximate surface area is 134 Å². The molecular weight excluding hydrogens is 318 g/mol. The molecule has 0 aliphatic carbocycles. The Morgan fingerprint density at radius 3 is 2.78 bits per heavy atom. The van der Waals surface area contributed by atoms with Crippen LogP contribution in [0.4, 0.5) is 15.6 Å². The molecule has 2 amide bonds. The summed E-state index contributed by atoms with van der Waals surface area (Å²) in [5.74, 6) is -0.850. The Bertz CT molecular complexity index is 829. The van der Waals surface area contributed by atoms with Crippen LogP contribution in [0.2, 0.25) is 0 Å². The molecule has 0 saturated carbocycles. The molecule has 0 bridgehead atoms. The molecule has 9 heteroatoms. The highest BCUT2D eigenvalue weighted by atomic mass is 32.1. The van der Waals surface area contributed by atoms with Gasteiger partial charge in [-0.1, -0.05) is 0 Å². The van der Waals surface area contributed by atoms with Gasteiger partial charge in [0.25, 0.3) is 0 Å². The number of aromatic carboxylic acids is 1. The Morgan fingerprint density at radius 2 is 2.13 bits per heavy atom. The third-order valence-corrected chi connectivity index (χ3v) is 3.94. The topological polar surface area (TPSA) is 120 Å². The normalized spacial score (nSPS) is 10.3. The monoisotopic (exact) mass is 329 g/mol. The zero-order chi connectivity index (χ0) is 16.2. The number of carboxylic acid groups (broad SMARTS) is 1. The molecule has 0 atom stereocenters. The predicted molar refractivity (Wildman–Crippen MR) is 85.7 cm³/mol. The summed E-state index contributed by atoms with van der Waals surface area (Å²) in [4.78, 5) is 34.8. The van der Waals surface area contributed by atoms with E-state index >= 15 is 0 Å². The number of urea groups is 1. The van der Waals surface area contributed by atoms with E-state index in [1.807, 2.05) is 12.1 Å². The third kappa shape index (κ3) is 3.35. The average molecular weight is 329 g/mol. The quantitative estimate of drug-likeness (QED) is 0.586. The SMILES string of the molecule is O=C(Nc1cnccn1)Nc1sc(-c2ccc[nH]2)cc1C(=O)O. The molecule has 0 aliphatic heterocycles. The van der Waals surface area contributed by atoms with E-state index in [-0.39, 0.29) is 16.4 Å². The number of H-pyrrole nitrogens is 1. The van der Waals surface area contributed by atoms with Crippen molar-refractivity contribution in [3.63, 3.8) is 0 Å². The van der Waals surface area contributed by atoms with Crippen LogP contribution in [0.3, 0.4) is 0 Å². The molecule has 0 unspecified atom stereocenters. The van der Waals surface area contributed by atoms with Gasteiger partial charge >= 0.3 is 12.0 Å². The number of nitrogens with one attached hydrogen (secondary N) is 3. The van der Waals surface area contributed by atoms with Crippen LogP contribution in [0.5, 0.6) is 0 Å². The molecule has 0 saturated heterocycles. The van der Waals surface area contributed by atoms with Crippen molar-refractivity contribution in [2.24, 2.45) is 0 Å². The highest BCUT2D eigenvalue weighted by Crippen LogP contribution is 2.34. The van der Waals surface area contributed by atoms with Gasteiger partial charge < -0.3 is 10.1 Å². The molecule has 3 heterocycles. The third-order valence-electron chi connectivity index (χ3n) is 2.86. The number of aromatic amines is 1. The van der Waals surface area contributed by atoms with E-state index < -0.39 is 12.0 Å². The number of carboxylic acids is 1. The number of hydrogen-bond acceptors (Lipinski definition) is 5. The standard InChI is InChI=1S/C14H11N5O3S/c20-13(21)8-6-10(9-2-1-3-16-9)23-12(8)19-14(22)18-11-7-15-4-5-17-11/h1-7,16H,(H,20,21)(H2,17,18,19,22). The average Bonchev–Trinajstić information content (AvgIpc) is 3.17. The summed E-state index contributed by atoms with van der Waals surface area (Å²) in [5.41, 5.74) is 0.800. The Hall–Kier alpha value is -3.20. The molecule has 8 nitrogen and oxygen atoms in total. The fourth-order valence-electron chi connectivity index (χ4n) is 1.87. The first kappa shape index (κ1) is 14.7. The van der Waals surface area contributed by atoms with Crippen LogP contribution in [-0.2, 0) is 0 Å². The second-order valence-electron chi connectivity index (χ2n) is 4.41. The van der Waals surface area contributed by atoms with Crippen molar-refractivity contribution in [3.05, 3.63) is 48.5 Å². The van der Waals surface area contributed by atoms with Crippen molar-refractivity contribution in [1.29, 1.82) is 0 Å². The van der Waals surface area contributed by atoms with E-state index in [4.69, 9.17) is 0 Å². The van der Waals surface area contributed by atoms with Crippen LogP contribution in [0.15, 0.2) is 43.0 Å². The summed E-state index contributed by atoms with van der Waals surface area (Å²) >= 11 is 1.16. The van der Waals surface area contributed by atoms with Crippen LogP contribution in [-0.4, -0.2) is 32.1 Å². The number of hydrogen-bond donors (Lipinski definition) is 4. The lowest BCUT2D eigenvalue weighted by Crippen LogP contribution is -2.20. The van der Waals surface area contributed by atoms with Gasteiger partial charge in [0.2, 0.25) is 0 Å². The van der Waals surface area contributed by atoms with Gasteiger partial charge in [0.15, 0.2) is 5.82 Å². The summed E-state index contributed by atoms with van der Waals surface area (Å²) in [6.07, 6.45) is 6.04. The summed E-state index contributed by atoms with van der Waals surface area (Å²) in [6, 6.07) is 4.55. The van der Waals surface area contributed by atoms with Crippen molar-refractivity contribution in [2.45, 2.75) is 0 Å². The fraction of sp³-hybridized carbons (Fsp3) is 0. The lowest BCUT2D eigenvalue weighted by molar-refractivity contribution is 0.0698. The molecule has 3 rings (SSSR count). The second-order valence-corrected chi connectivity index (χ2v) is 5.46. The first-order chi connectivity index (χ1) is 11.1. The number of carbonyl (C=O) groups excluding carboxylic acids is 1. The van der Waals surface area contributed by atoms with Crippen LogP contribution >= 0.6 is 11.3 Å². The molecular formula is C14H11N5O3S.